The first-order valence-electron chi connectivity index (χ1n) is 8.52. The van der Waals surface area contributed by atoms with Crippen molar-refractivity contribution in [1.29, 1.82) is 0 Å². The van der Waals surface area contributed by atoms with Gasteiger partial charge in [0.25, 0.3) is 0 Å². The molecule has 2 aromatic rings. The molecule has 0 aromatic heterocycles. The Morgan fingerprint density at radius 2 is 1.96 bits per heavy atom. The molecule has 2 rings (SSSR count). The number of hydrogen-bond acceptors (Lipinski definition) is 4. The predicted octanol–water partition coefficient (Wildman–Crippen LogP) is 4.34. The van der Waals surface area contributed by atoms with Gasteiger partial charge >= 0.3 is 0 Å². The number of aldehydes is 1. The lowest BCUT2D eigenvalue weighted by Crippen LogP contribution is -2.09. The maximum atomic E-state index is 12.1. The van der Waals surface area contributed by atoms with Crippen LogP contribution in [0.3, 0.4) is 0 Å². The number of benzene rings is 2. The number of nitrogens with one attached hydrogen (secondary N) is 1. The van der Waals surface area contributed by atoms with Gasteiger partial charge in [0.2, 0.25) is 5.91 Å². The van der Waals surface area contributed by atoms with Gasteiger partial charge < -0.3 is 14.8 Å². The van der Waals surface area contributed by atoms with Gasteiger partial charge in [-0.2, -0.15) is 0 Å². The zero-order chi connectivity index (χ0) is 18.8. The molecule has 1 N–H and O–H groups in total. The Bertz CT molecular complexity index is 783. The van der Waals surface area contributed by atoms with Crippen molar-refractivity contribution < 1.29 is 19.1 Å². The number of para-hydroxylation sites is 1. The third-order valence-electron chi connectivity index (χ3n) is 3.72. The van der Waals surface area contributed by atoms with E-state index < -0.39 is 0 Å². The van der Waals surface area contributed by atoms with Crippen molar-refractivity contribution in [2.24, 2.45) is 0 Å². The van der Waals surface area contributed by atoms with Crippen LogP contribution >= 0.6 is 0 Å². The van der Waals surface area contributed by atoms with Gasteiger partial charge in [-0.1, -0.05) is 31.5 Å². The summed E-state index contributed by atoms with van der Waals surface area (Å²) in [6.45, 7) is 2.71. The molecular weight excluding hydrogens is 330 g/mol. The van der Waals surface area contributed by atoms with Crippen molar-refractivity contribution in [2.45, 2.75) is 19.8 Å². The summed E-state index contributed by atoms with van der Waals surface area (Å²) >= 11 is 0. The van der Waals surface area contributed by atoms with Crippen molar-refractivity contribution in [1.82, 2.24) is 0 Å². The molecule has 5 nitrogen and oxygen atoms in total. The highest BCUT2D eigenvalue weighted by atomic mass is 16.5. The lowest BCUT2D eigenvalue weighted by molar-refractivity contribution is -0.111. The van der Waals surface area contributed by atoms with Gasteiger partial charge in [0, 0.05) is 11.6 Å². The molecule has 1 amide bonds. The van der Waals surface area contributed by atoms with Crippen LogP contribution in [0.1, 0.15) is 35.7 Å². The molecule has 0 heterocycles. The Hall–Kier alpha value is -3.08. The second-order valence-corrected chi connectivity index (χ2v) is 5.64. The molecule has 0 aliphatic carbocycles. The van der Waals surface area contributed by atoms with E-state index in [1.54, 1.807) is 43.5 Å². The summed E-state index contributed by atoms with van der Waals surface area (Å²) in [6.07, 6.45) is 5.82. The maximum Gasteiger partial charge on any atom is 0.248 e. The van der Waals surface area contributed by atoms with Crippen LogP contribution in [0.5, 0.6) is 11.5 Å². The van der Waals surface area contributed by atoms with Gasteiger partial charge in [-0.3, -0.25) is 9.59 Å². The van der Waals surface area contributed by atoms with E-state index in [1.165, 1.54) is 6.08 Å². The smallest absolute Gasteiger partial charge is 0.248 e. The van der Waals surface area contributed by atoms with Crippen LogP contribution in [0.2, 0.25) is 0 Å². The molecule has 0 saturated carbocycles. The van der Waals surface area contributed by atoms with Crippen LogP contribution < -0.4 is 14.8 Å². The molecule has 0 spiro atoms. The number of amides is 1. The van der Waals surface area contributed by atoms with Crippen LogP contribution in [0.25, 0.3) is 6.08 Å². The SMILES string of the molecule is CCCCOc1cc(/C=C/C(=O)Nc2ccccc2C=O)ccc1OC. The minimum Gasteiger partial charge on any atom is -0.493 e. The first-order valence-corrected chi connectivity index (χ1v) is 8.52. The highest BCUT2D eigenvalue weighted by Gasteiger charge is 2.06. The van der Waals surface area contributed by atoms with E-state index in [0.29, 0.717) is 35.6 Å². The number of unbranched alkanes of at least 4 members (excludes halogenated alkanes) is 1. The first kappa shape index (κ1) is 19.2. The lowest BCUT2D eigenvalue weighted by Gasteiger charge is -2.11. The zero-order valence-corrected chi connectivity index (χ0v) is 15.0. The second-order valence-electron chi connectivity index (χ2n) is 5.64. The van der Waals surface area contributed by atoms with Gasteiger partial charge in [0.1, 0.15) is 0 Å². The highest BCUT2D eigenvalue weighted by molar-refractivity contribution is 6.04. The molecule has 0 bridgehead atoms. The highest BCUT2D eigenvalue weighted by Crippen LogP contribution is 2.28. The molecule has 0 aliphatic rings. The van der Waals surface area contributed by atoms with E-state index in [0.717, 1.165) is 18.4 Å². The van der Waals surface area contributed by atoms with Gasteiger partial charge in [-0.15, -0.1) is 0 Å². The topological polar surface area (TPSA) is 64.6 Å². The minimum atomic E-state index is -0.316. The summed E-state index contributed by atoms with van der Waals surface area (Å²) in [4.78, 5) is 23.1. The first-order chi connectivity index (χ1) is 12.7. The van der Waals surface area contributed by atoms with E-state index in [9.17, 15) is 9.59 Å². The van der Waals surface area contributed by atoms with Crippen molar-refractivity contribution in [3.8, 4) is 11.5 Å². The van der Waals surface area contributed by atoms with Crippen molar-refractivity contribution in [3.05, 3.63) is 59.7 Å². The molecule has 26 heavy (non-hydrogen) atoms. The van der Waals surface area contributed by atoms with Gasteiger partial charge in [-0.05, 0) is 42.3 Å². The fourth-order valence-electron chi connectivity index (χ4n) is 2.30. The predicted molar refractivity (Wildman–Crippen MR) is 103 cm³/mol. The van der Waals surface area contributed by atoms with Crippen LogP contribution in [0, 0.1) is 0 Å². The van der Waals surface area contributed by atoms with Crippen LogP contribution in [-0.2, 0) is 4.79 Å². The summed E-state index contributed by atoms with van der Waals surface area (Å²) < 4.78 is 11.0. The largest absolute Gasteiger partial charge is 0.493 e. The number of anilines is 1. The molecule has 0 aliphatic heterocycles. The van der Waals surface area contributed by atoms with E-state index in [4.69, 9.17) is 9.47 Å². The minimum absolute atomic E-state index is 0.316. The molecular formula is C21H23NO4. The molecule has 5 heteroatoms. The summed E-state index contributed by atoms with van der Waals surface area (Å²) in [7, 11) is 1.59. The Morgan fingerprint density at radius 1 is 1.15 bits per heavy atom. The van der Waals surface area contributed by atoms with Gasteiger partial charge in [0.05, 0.1) is 19.4 Å². The van der Waals surface area contributed by atoms with E-state index in [-0.39, 0.29) is 5.91 Å². The fraction of sp³-hybridized carbons (Fsp3) is 0.238. The Balaban J connectivity index is 2.07. The lowest BCUT2D eigenvalue weighted by atomic mass is 10.1. The summed E-state index contributed by atoms with van der Waals surface area (Å²) in [5.41, 5.74) is 1.73. The van der Waals surface area contributed by atoms with Crippen LogP contribution in [0.4, 0.5) is 5.69 Å². The molecule has 0 unspecified atom stereocenters. The third kappa shape index (κ3) is 5.48. The van der Waals surface area contributed by atoms with Crippen molar-refractivity contribution in [2.75, 3.05) is 19.0 Å². The zero-order valence-electron chi connectivity index (χ0n) is 15.0. The monoisotopic (exact) mass is 353 g/mol. The van der Waals surface area contributed by atoms with Crippen molar-refractivity contribution in [3.63, 3.8) is 0 Å². The Kier molecular flexibility index (Phi) is 7.43. The number of methoxy groups -OCH3 is 1. The van der Waals surface area contributed by atoms with Crippen LogP contribution in [-0.4, -0.2) is 25.9 Å². The van der Waals surface area contributed by atoms with Crippen molar-refractivity contribution >= 4 is 24.0 Å². The average molecular weight is 353 g/mol. The molecule has 0 radical (unpaired) electrons. The summed E-state index contributed by atoms with van der Waals surface area (Å²) in [5, 5.41) is 2.70. The van der Waals surface area contributed by atoms with Crippen LogP contribution in [0.15, 0.2) is 48.5 Å². The summed E-state index contributed by atoms with van der Waals surface area (Å²) in [5.74, 6) is 0.987. The number of carbonyl (C=O) groups is 2. The van der Waals surface area contributed by atoms with E-state index in [1.807, 2.05) is 12.1 Å². The van der Waals surface area contributed by atoms with Gasteiger partial charge in [0.15, 0.2) is 17.8 Å². The normalized spacial score (nSPS) is 10.5. The second kappa shape index (κ2) is 10.0. The number of ether oxygens (including phenoxy) is 2. The fourth-order valence-corrected chi connectivity index (χ4v) is 2.30. The van der Waals surface area contributed by atoms with E-state index >= 15 is 0 Å². The number of carbonyl (C=O) groups excluding carboxylic acids is 2. The Morgan fingerprint density at radius 3 is 2.69 bits per heavy atom. The third-order valence-corrected chi connectivity index (χ3v) is 3.72. The molecule has 2 aromatic carbocycles. The number of rotatable bonds is 9. The molecule has 136 valence electrons. The van der Waals surface area contributed by atoms with Gasteiger partial charge in [-0.25, -0.2) is 0 Å². The molecule has 0 saturated heterocycles. The molecule has 0 fully saturated rings. The van der Waals surface area contributed by atoms with E-state index in [2.05, 4.69) is 12.2 Å². The summed E-state index contributed by atoms with van der Waals surface area (Å²) in [6, 6.07) is 12.3. The Labute approximate surface area is 153 Å². The quantitative estimate of drug-likeness (QED) is 0.414. The molecule has 0 atom stereocenters. The number of hydrogen-bond donors (Lipinski definition) is 1. The average Bonchev–Trinajstić information content (AvgIpc) is 2.67. The standard InChI is InChI=1S/C21H23NO4/c1-3-4-13-26-20-14-16(9-11-19(20)25-2)10-12-21(24)22-18-8-6-5-7-17(18)15-23/h5-12,14-15H,3-4,13H2,1-2H3,(H,22,24)/b12-10+. The maximum absolute atomic E-state index is 12.1.